The first-order chi connectivity index (χ1) is 13.1. The Kier molecular flexibility index (Phi) is 5.11. The van der Waals surface area contributed by atoms with Gasteiger partial charge in [-0.3, -0.25) is 9.69 Å². The van der Waals surface area contributed by atoms with Gasteiger partial charge in [-0.15, -0.1) is 10.2 Å². The van der Waals surface area contributed by atoms with Crippen LogP contribution in [0.1, 0.15) is 11.9 Å². The van der Waals surface area contributed by atoms with Crippen molar-refractivity contribution in [2.75, 3.05) is 31.6 Å². The number of benzene rings is 1. The average molecular weight is 383 g/mol. The van der Waals surface area contributed by atoms with Crippen LogP contribution < -0.4 is 5.32 Å². The third-order valence-electron chi connectivity index (χ3n) is 4.45. The van der Waals surface area contributed by atoms with Gasteiger partial charge in [0.15, 0.2) is 0 Å². The first-order valence-electron chi connectivity index (χ1n) is 8.91. The summed E-state index contributed by atoms with van der Waals surface area (Å²) in [5.74, 6) is 0.492. The highest BCUT2D eigenvalue weighted by molar-refractivity contribution is 7.14. The number of carbonyl (C=O) groups excluding carboxylic acids is 1. The molecule has 27 heavy (non-hydrogen) atoms. The predicted octanol–water partition coefficient (Wildman–Crippen LogP) is 2.72. The van der Waals surface area contributed by atoms with E-state index in [-0.39, 0.29) is 12.0 Å². The van der Waals surface area contributed by atoms with Crippen molar-refractivity contribution in [1.82, 2.24) is 20.1 Å². The summed E-state index contributed by atoms with van der Waals surface area (Å²) in [5, 5.41) is 15.0. The van der Waals surface area contributed by atoms with E-state index in [0.29, 0.717) is 19.0 Å². The molecule has 0 bridgehead atoms. The van der Waals surface area contributed by atoms with Gasteiger partial charge in [0.05, 0.1) is 19.3 Å². The first-order valence-corrected chi connectivity index (χ1v) is 9.72. The lowest BCUT2D eigenvalue weighted by Crippen LogP contribution is -2.44. The highest BCUT2D eigenvalue weighted by atomic mass is 32.1. The van der Waals surface area contributed by atoms with Crippen LogP contribution in [0.3, 0.4) is 0 Å². The number of pyridine rings is 1. The number of hydrogen-bond acceptors (Lipinski definition) is 7. The molecule has 1 aromatic carbocycles. The minimum Gasteiger partial charge on any atom is -0.376 e. The quantitative estimate of drug-likeness (QED) is 0.746. The van der Waals surface area contributed by atoms with Gasteiger partial charge in [-0.1, -0.05) is 23.5 Å². The van der Waals surface area contributed by atoms with Crippen molar-refractivity contribution >= 4 is 33.8 Å². The van der Waals surface area contributed by atoms with E-state index in [1.165, 1.54) is 0 Å². The second kappa shape index (κ2) is 7.67. The zero-order chi connectivity index (χ0) is 18.8. The number of anilines is 1. The lowest BCUT2D eigenvalue weighted by Gasteiger charge is -2.30. The van der Waals surface area contributed by atoms with Gasteiger partial charge in [0, 0.05) is 30.2 Å². The molecule has 3 aromatic rings. The molecule has 1 aliphatic heterocycles. The molecule has 0 radical (unpaired) electrons. The van der Waals surface area contributed by atoms with Crippen molar-refractivity contribution in [3.05, 3.63) is 35.5 Å². The molecule has 1 N–H and O–H groups in total. The average Bonchev–Trinajstić information content (AvgIpc) is 3.07. The number of amides is 1. The van der Waals surface area contributed by atoms with Crippen molar-refractivity contribution in [1.29, 1.82) is 0 Å². The van der Waals surface area contributed by atoms with Crippen molar-refractivity contribution in [2.24, 2.45) is 0 Å². The molecular weight excluding hydrogens is 362 g/mol. The molecule has 2 aromatic heterocycles. The zero-order valence-electron chi connectivity index (χ0n) is 15.3. The standard InChI is InChI=1S/C19H21N5O2S/c1-12-10-24(5-6-26-12)11-18(25)21-17-8-16-7-14(3-4-15(16)9-20-17)19-23-22-13(2)27-19/h3-4,7-9,12H,5-6,10-11H2,1-2H3,(H,20,21,25)/t12-/m0/s1. The van der Waals surface area contributed by atoms with E-state index in [4.69, 9.17) is 4.74 Å². The maximum Gasteiger partial charge on any atom is 0.239 e. The van der Waals surface area contributed by atoms with E-state index in [2.05, 4.69) is 31.5 Å². The molecule has 7 nitrogen and oxygen atoms in total. The first kappa shape index (κ1) is 18.0. The minimum absolute atomic E-state index is 0.0631. The summed E-state index contributed by atoms with van der Waals surface area (Å²) in [4.78, 5) is 18.8. The molecule has 1 fully saturated rings. The van der Waals surface area contributed by atoms with Gasteiger partial charge in [0.25, 0.3) is 0 Å². The Bertz CT molecular complexity index is 974. The molecule has 0 spiro atoms. The Labute approximate surface area is 161 Å². The van der Waals surface area contributed by atoms with Crippen LogP contribution in [0, 0.1) is 6.92 Å². The molecule has 1 amide bonds. The number of nitrogens with zero attached hydrogens (tertiary/aromatic N) is 4. The Morgan fingerprint density at radius 3 is 3.00 bits per heavy atom. The molecule has 1 saturated heterocycles. The molecular formula is C19H21N5O2S. The van der Waals surface area contributed by atoms with E-state index in [9.17, 15) is 4.79 Å². The van der Waals surface area contributed by atoms with Crippen molar-refractivity contribution in [3.63, 3.8) is 0 Å². The number of morpholine rings is 1. The lowest BCUT2D eigenvalue weighted by atomic mass is 10.1. The highest BCUT2D eigenvalue weighted by Crippen LogP contribution is 2.27. The van der Waals surface area contributed by atoms with E-state index < -0.39 is 0 Å². The van der Waals surface area contributed by atoms with Gasteiger partial charge < -0.3 is 10.1 Å². The number of aromatic nitrogens is 3. The SMILES string of the molecule is Cc1nnc(-c2ccc3cnc(NC(=O)CN4CCO[C@@H](C)C4)cc3c2)s1. The number of aryl methyl sites for hydroxylation is 1. The summed E-state index contributed by atoms with van der Waals surface area (Å²) in [5.41, 5.74) is 1.01. The maximum atomic E-state index is 12.4. The summed E-state index contributed by atoms with van der Waals surface area (Å²) < 4.78 is 5.51. The molecule has 140 valence electrons. The van der Waals surface area contributed by atoms with Crippen molar-refractivity contribution in [3.8, 4) is 10.6 Å². The van der Waals surface area contributed by atoms with Crippen molar-refractivity contribution < 1.29 is 9.53 Å². The number of hydrogen-bond donors (Lipinski definition) is 1. The molecule has 4 rings (SSSR count). The number of ether oxygens (including phenoxy) is 1. The predicted molar refractivity (Wildman–Crippen MR) is 106 cm³/mol. The largest absolute Gasteiger partial charge is 0.376 e. The van der Waals surface area contributed by atoms with Crippen LogP contribution in [0.2, 0.25) is 0 Å². The second-order valence-corrected chi connectivity index (χ2v) is 7.90. The lowest BCUT2D eigenvalue weighted by molar-refractivity contribution is -0.119. The van der Waals surface area contributed by atoms with Gasteiger partial charge in [0.1, 0.15) is 15.8 Å². The van der Waals surface area contributed by atoms with Crippen LogP contribution >= 0.6 is 11.3 Å². The van der Waals surface area contributed by atoms with Crippen LogP contribution in [0.15, 0.2) is 30.5 Å². The number of rotatable bonds is 4. The number of nitrogens with one attached hydrogen (secondary N) is 1. The van der Waals surface area contributed by atoms with Crippen LogP contribution in [0.4, 0.5) is 5.82 Å². The molecule has 0 saturated carbocycles. The van der Waals surface area contributed by atoms with E-state index >= 15 is 0 Å². The molecule has 0 unspecified atom stereocenters. The summed E-state index contributed by atoms with van der Waals surface area (Å²) in [7, 11) is 0. The Hall–Kier alpha value is -2.42. The fourth-order valence-corrected chi connectivity index (χ4v) is 3.86. The molecule has 1 atom stereocenters. The molecule has 0 aliphatic carbocycles. The Morgan fingerprint density at radius 2 is 2.22 bits per heavy atom. The topological polar surface area (TPSA) is 80.2 Å². The normalized spacial score (nSPS) is 17.9. The van der Waals surface area contributed by atoms with Gasteiger partial charge in [-0.25, -0.2) is 4.98 Å². The third kappa shape index (κ3) is 4.29. The van der Waals surface area contributed by atoms with Gasteiger partial charge in [0.2, 0.25) is 5.91 Å². The van der Waals surface area contributed by atoms with Crippen LogP contribution in [-0.2, 0) is 9.53 Å². The van der Waals surface area contributed by atoms with Gasteiger partial charge in [-0.2, -0.15) is 0 Å². The molecule has 3 heterocycles. The number of fused-ring (bicyclic) bond motifs is 1. The summed E-state index contributed by atoms with van der Waals surface area (Å²) in [6, 6.07) is 7.97. The fraction of sp³-hybridized carbons (Fsp3) is 0.368. The van der Waals surface area contributed by atoms with E-state index in [0.717, 1.165) is 39.4 Å². The zero-order valence-corrected chi connectivity index (χ0v) is 16.1. The van der Waals surface area contributed by atoms with Gasteiger partial charge in [-0.05, 0) is 31.4 Å². The third-order valence-corrected chi connectivity index (χ3v) is 5.34. The Morgan fingerprint density at radius 1 is 1.33 bits per heavy atom. The monoisotopic (exact) mass is 383 g/mol. The highest BCUT2D eigenvalue weighted by Gasteiger charge is 2.19. The van der Waals surface area contributed by atoms with Gasteiger partial charge >= 0.3 is 0 Å². The van der Waals surface area contributed by atoms with E-state index in [1.54, 1.807) is 17.5 Å². The Balaban J connectivity index is 1.49. The summed E-state index contributed by atoms with van der Waals surface area (Å²) in [6.07, 6.45) is 1.93. The van der Waals surface area contributed by atoms with Crippen LogP contribution in [-0.4, -0.2) is 58.3 Å². The molecule has 1 aliphatic rings. The fourth-order valence-electron chi connectivity index (χ4n) is 3.18. The maximum absolute atomic E-state index is 12.4. The van der Waals surface area contributed by atoms with Crippen LogP contribution in [0.5, 0.6) is 0 Å². The minimum atomic E-state index is -0.0631. The second-order valence-electron chi connectivity index (χ2n) is 6.72. The summed E-state index contributed by atoms with van der Waals surface area (Å²) in [6.45, 7) is 6.51. The van der Waals surface area contributed by atoms with E-state index in [1.807, 2.05) is 32.0 Å². The van der Waals surface area contributed by atoms with Crippen LogP contribution in [0.25, 0.3) is 21.3 Å². The number of carbonyl (C=O) groups is 1. The summed E-state index contributed by atoms with van der Waals surface area (Å²) >= 11 is 1.56. The molecule has 8 heteroatoms. The smallest absolute Gasteiger partial charge is 0.239 e. The van der Waals surface area contributed by atoms with Crippen molar-refractivity contribution in [2.45, 2.75) is 20.0 Å².